The highest BCUT2D eigenvalue weighted by Crippen LogP contribution is 2.23. The zero-order chi connectivity index (χ0) is 9.56. The van der Waals surface area contributed by atoms with Gasteiger partial charge in [-0.05, 0) is 12.8 Å². The molecule has 0 rings (SSSR count). The highest BCUT2D eigenvalue weighted by Gasteiger charge is 2.18. The molecule has 0 aromatic carbocycles. The van der Waals surface area contributed by atoms with Gasteiger partial charge in [0.05, 0.1) is 0 Å². The Hall–Kier alpha value is -0.330. The predicted molar refractivity (Wildman–Crippen MR) is 53.2 cm³/mol. The number of ketones is 1. The molecule has 0 aromatic rings. The predicted octanol–water partition coefficient (Wildman–Crippen LogP) is 3.43. The van der Waals surface area contributed by atoms with Crippen molar-refractivity contribution >= 4 is 5.78 Å². The van der Waals surface area contributed by atoms with Crippen LogP contribution in [-0.4, -0.2) is 5.78 Å². The Kier molecular flexibility index (Phi) is 6.04. The first-order chi connectivity index (χ1) is 5.63. The number of hydrogen-bond acceptors (Lipinski definition) is 1. The monoisotopic (exact) mass is 170 g/mol. The molecule has 0 heterocycles. The maximum absolute atomic E-state index is 11.1. The standard InChI is InChI=1S/C11H22O/c1-5-7-11(8-6-2)9(3)10(4)12/h9,11H,5-8H2,1-4H3. The van der Waals surface area contributed by atoms with Gasteiger partial charge in [0.1, 0.15) is 5.78 Å². The average Bonchev–Trinajstić information content (AvgIpc) is 2.03. The Bertz CT molecular complexity index is 123. The van der Waals surface area contributed by atoms with Gasteiger partial charge in [0.25, 0.3) is 0 Å². The molecule has 0 radical (unpaired) electrons. The molecule has 0 aliphatic carbocycles. The second-order valence-electron chi connectivity index (χ2n) is 3.74. The van der Waals surface area contributed by atoms with Crippen LogP contribution in [0.25, 0.3) is 0 Å². The van der Waals surface area contributed by atoms with Gasteiger partial charge in [-0.25, -0.2) is 0 Å². The molecule has 12 heavy (non-hydrogen) atoms. The van der Waals surface area contributed by atoms with Crippen molar-refractivity contribution in [3.8, 4) is 0 Å². The van der Waals surface area contributed by atoms with Crippen molar-refractivity contribution in [1.29, 1.82) is 0 Å². The molecule has 0 amide bonds. The van der Waals surface area contributed by atoms with E-state index < -0.39 is 0 Å². The molecule has 1 nitrogen and oxygen atoms in total. The summed E-state index contributed by atoms with van der Waals surface area (Å²) >= 11 is 0. The zero-order valence-electron chi connectivity index (χ0n) is 8.89. The average molecular weight is 170 g/mol. The van der Waals surface area contributed by atoms with Crippen molar-refractivity contribution < 1.29 is 4.79 Å². The Labute approximate surface area is 76.6 Å². The minimum Gasteiger partial charge on any atom is -0.300 e. The van der Waals surface area contributed by atoms with Crippen LogP contribution in [-0.2, 0) is 4.79 Å². The van der Waals surface area contributed by atoms with Crippen LogP contribution in [0.15, 0.2) is 0 Å². The topological polar surface area (TPSA) is 17.1 Å². The van der Waals surface area contributed by atoms with Crippen molar-refractivity contribution in [2.45, 2.75) is 53.4 Å². The molecule has 1 unspecified atom stereocenters. The number of carbonyl (C=O) groups excluding carboxylic acids is 1. The fourth-order valence-electron chi connectivity index (χ4n) is 1.72. The van der Waals surface area contributed by atoms with Gasteiger partial charge >= 0.3 is 0 Å². The lowest BCUT2D eigenvalue weighted by Crippen LogP contribution is -2.18. The summed E-state index contributed by atoms with van der Waals surface area (Å²) in [6, 6.07) is 0. The summed E-state index contributed by atoms with van der Waals surface area (Å²) in [6.45, 7) is 8.16. The summed E-state index contributed by atoms with van der Waals surface area (Å²) in [6.07, 6.45) is 4.80. The molecular weight excluding hydrogens is 148 g/mol. The van der Waals surface area contributed by atoms with E-state index in [2.05, 4.69) is 20.8 Å². The minimum absolute atomic E-state index is 0.268. The first-order valence-corrected chi connectivity index (χ1v) is 5.13. The van der Waals surface area contributed by atoms with Crippen LogP contribution in [0.4, 0.5) is 0 Å². The van der Waals surface area contributed by atoms with E-state index in [-0.39, 0.29) is 5.92 Å². The fourth-order valence-corrected chi connectivity index (χ4v) is 1.72. The maximum Gasteiger partial charge on any atom is 0.132 e. The largest absolute Gasteiger partial charge is 0.300 e. The SMILES string of the molecule is CCCC(CCC)C(C)C(C)=O. The number of carbonyl (C=O) groups is 1. The van der Waals surface area contributed by atoms with E-state index in [1.54, 1.807) is 6.92 Å². The second-order valence-corrected chi connectivity index (χ2v) is 3.74. The summed E-state index contributed by atoms with van der Waals surface area (Å²) in [5.74, 6) is 1.24. The first kappa shape index (κ1) is 11.7. The van der Waals surface area contributed by atoms with Gasteiger partial charge in [-0.2, -0.15) is 0 Å². The summed E-state index contributed by atoms with van der Waals surface area (Å²) in [4.78, 5) is 11.1. The minimum atomic E-state index is 0.268. The van der Waals surface area contributed by atoms with Crippen LogP contribution >= 0.6 is 0 Å². The molecule has 1 atom stereocenters. The van der Waals surface area contributed by atoms with Crippen LogP contribution in [0.1, 0.15) is 53.4 Å². The molecule has 0 N–H and O–H groups in total. The highest BCUT2D eigenvalue weighted by molar-refractivity contribution is 5.78. The third-order valence-electron chi connectivity index (χ3n) is 2.67. The van der Waals surface area contributed by atoms with Crippen LogP contribution < -0.4 is 0 Å². The van der Waals surface area contributed by atoms with Crippen molar-refractivity contribution in [3.63, 3.8) is 0 Å². The summed E-state index contributed by atoms with van der Waals surface area (Å²) in [5.41, 5.74) is 0. The lowest BCUT2D eigenvalue weighted by molar-refractivity contribution is -0.121. The van der Waals surface area contributed by atoms with Gasteiger partial charge < -0.3 is 0 Å². The van der Waals surface area contributed by atoms with Gasteiger partial charge in [0.2, 0.25) is 0 Å². The Morgan fingerprint density at radius 3 is 1.83 bits per heavy atom. The van der Waals surface area contributed by atoms with Crippen molar-refractivity contribution in [3.05, 3.63) is 0 Å². The number of Topliss-reactive ketones (excluding diaryl/α,β-unsaturated/α-hetero) is 1. The van der Waals surface area contributed by atoms with Crippen molar-refractivity contribution in [2.75, 3.05) is 0 Å². The molecule has 0 aliphatic rings. The molecule has 1 heteroatoms. The maximum atomic E-state index is 11.1. The van der Waals surface area contributed by atoms with E-state index in [0.29, 0.717) is 11.7 Å². The van der Waals surface area contributed by atoms with Crippen LogP contribution in [0.3, 0.4) is 0 Å². The number of hydrogen-bond donors (Lipinski definition) is 0. The van der Waals surface area contributed by atoms with Crippen molar-refractivity contribution in [1.82, 2.24) is 0 Å². The van der Waals surface area contributed by atoms with E-state index in [1.165, 1.54) is 25.7 Å². The lowest BCUT2D eigenvalue weighted by Gasteiger charge is -2.20. The summed E-state index contributed by atoms with van der Waals surface area (Å²) in [7, 11) is 0. The van der Waals surface area contributed by atoms with Crippen LogP contribution in [0.2, 0.25) is 0 Å². The molecule has 0 fully saturated rings. The van der Waals surface area contributed by atoms with E-state index >= 15 is 0 Å². The quantitative estimate of drug-likeness (QED) is 0.597. The smallest absolute Gasteiger partial charge is 0.132 e. The third kappa shape index (κ3) is 3.89. The summed E-state index contributed by atoms with van der Waals surface area (Å²) < 4.78 is 0. The molecule has 0 aromatic heterocycles. The Morgan fingerprint density at radius 2 is 1.58 bits per heavy atom. The molecular formula is C11H22O. The summed E-state index contributed by atoms with van der Waals surface area (Å²) in [5, 5.41) is 0. The molecule has 0 saturated heterocycles. The third-order valence-corrected chi connectivity index (χ3v) is 2.67. The molecule has 0 spiro atoms. The molecule has 72 valence electrons. The molecule has 0 saturated carbocycles. The van der Waals surface area contributed by atoms with Gasteiger partial charge in [-0.3, -0.25) is 4.79 Å². The fraction of sp³-hybridized carbons (Fsp3) is 0.909. The van der Waals surface area contributed by atoms with E-state index in [0.717, 1.165) is 0 Å². The highest BCUT2D eigenvalue weighted by atomic mass is 16.1. The molecule has 0 bridgehead atoms. The van der Waals surface area contributed by atoms with Crippen LogP contribution in [0, 0.1) is 11.8 Å². The molecule has 0 aliphatic heterocycles. The second kappa shape index (κ2) is 6.22. The first-order valence-electron chi connectivity index (χ1n) is 5.13. The van der Waals surface area contributed by atoms with Gasteiger partial charge in [0.15, 0.2) is 0 Å². The lowest BCUT2D eigenvalue weighted by atomic mass is 9.84. The van der Waals surface area contributed by atoms with Gasteiger partial charge in [-0.1, -0.05) is 46.5 Å². The van der Waals surface area contributed by atoms with Gasteiger partial charge in [-0.15, -0.1) is 0 Å². The van der Waals surface area contributed by atoms with Crippen molar-refractivity contribution in [2.24, 2.45) is 11.8 Å². The zero-order valence-corrected chi connectivity index (χ0v) is 8.89. The number of rotatable bonds is 6. The Balaban J connectivity index is 3.98. The van der Waals surface area contributed by atoms with Gasteiger partial charge in [0, 0.05) is 5.92 Å². The normalized spacial score (nSPS) is 13.4. The van der Waals surface area contributed by atoms with Crippen LogP contribution in [0.5, 0.6) is 0 Å². The Morgan fingerprint density at radius 1 is 1.17 bits per heavy atom. The van der Waals surface area contributed by atoms with E-state index in [4.69, 9.17) is 0 Å². The van der Waals surface area contributed by atoms with E-state index in [9.17, 15) is 4.79 Å². The van der Waals surface area contributed by atoms with E-state index in [1.807, 2.05) is 0 Å².